The standard InChI is InChI=1S/C40H79O10P/c1-3-5-7-9-11-13-15-16-17-18-19-20-22-24-26-28-30-32-40(44)50-38(34-42)36-48-51(45,46)47-35-37(33-41)49-39(43)31-29-27-25-23-21-14-12-10-8-6-4-2/h37-38,41-42H,3-36H2,1-2H3,(H,45,46). The van der Waals surface area contributed by atoms with Crippen LogP contribution in [0.1, 0.15) is 206 Å². The van der Waals surface area contributed by atoms with E-state index in [-0.39, 0.29) is 12.8 Å². The van der Waals surface area contributed by atoms with Gasteiger partial charge in [0.15, 0.2) is 0 Å². The van der Waals surface area contributed by atoms with Gasteiger partial charge in [-0.25, -0.2) is 4.57 Å². The highest BCUT2D eigenvalue weighted by atomic mass is 31.2. The van der Waals surface area contributed by atoms with Crippen LogP contribution in [0, 0.1) is 0 Å². The summed E-state index contributed by atoms with van der Waals surface area (Å²) in [5.41, 5.74) is 0. The van der Waals surface area contributed by atoms with Gasteiger partial charge in [-0.3, -0.25) is 18.6 Å². The normalized spacial score (nSPS) is 13.9. The Morgan fingerprint density at radius 1 is 0.451 bits per heavy atom. The number of hydrogen-bond acceptors (Lipinski definition) is 9. The van der Waals surface area contributed by atoms with Crippen LogP contribution in [0.15, 0.2) is 0 Å². The molecule has 3 N–H and O–H groups in total. The van der Waals surface area contributed by atoms with Gasteiger partial charge in [0.25, 0.3) is 0 Å². The molecule has 0 aliphatic heterocycles. The molecule has 0 aromatic carbocycles. The Balaban J connectivity index is 3.89. The van der Waals surface area contributed by atoms with E-state index in [4.69, 9.17) is 18.5 Å². The topological polar surface area (TPSA) is 149 Å². The first-order chi connectivity index (χ1) is 24.8. The number of hydrogen-bond donors (Lipinski definition) is 3. The van der Waals surface area contributed by atoms with Crippen LogP contribution in [0.25, 0.3) is 0 Å². The molecule has 0 amide bonds. The summed E-state index contributed by atoms with van der Waals surface area (Å²) in [6.45, 7) is 2.22. The third-order valence-corrected chi connectivity index (χ3v) is 10.3. The van der Waals surface area contributed by atoms with Crippen molar-refractivity contribution in [1.82, 2.24) is 0 Å². The number of phosphoric ester groups is 1. The lowest BCUT2D eigenvalue weighted by Gasteiger charge is -2.20. The van der Waals surface area contributed by atoms with E-state index in [2.05, 4.69) is 13.8 Å². The Morgan fingerprint density at radius 3 is 0.922 bits per heavy atom. The van der Waals surface area contributed by atoms with Gasteiger partial charge in [0.2, 0.25) is 0 Å². The molecule has 0 aliphatic carbocycles. The maximum Gasteiger partial charge on any atom is 0.472 e. The summed E-state index contributed by atoms with van der Waals surface area (Å²) in [5.74, 6) is -1.01. The largest absolute Gasteiger partial charge is 0.472 e. The van der Waals surface area contributed by atoms with E-state index < -0.39 is 58.4 Å². The molecule has 0 bridgehead atoms. The minimum Gasteiger partial charge on any atom is -0.457 e. The van der Waals surface area contributed by atoms with Gasteiger partial charge in [-0.1, -0.05) is 181 Å². The molecule has 11 heteroatoms. The second-order valence-corrected chi connectivity index (χ2v) is 15.8. The summed E-state index contributed by atoms with van der Waals surface area (Å²) in [4.78, 5) is 34.4. The molecule has 0 fully saturated rings. The number of aliphatic hydroxyl groups is 2. The first-order valence-electron chi connectivity index (χ1n) is 21.0. The number of carbonyl (C=O) groups is 2. The molecule has 0 saturated heterocycles. The van der Waals surface area contributed by atoms with E-state index in [1.165, 1.54) is 128 Å². The average molecular weight is 751 g/mol. The van der Waals surface area contributed by atoms with Crippen molar-refractivity contribution < 1.29 is 47.8 Å². The summed E-state index contributed by atoms with van der Waals surface area (Å²) in [5, 5.41) is 19.1. The molecule has 0 aromatic heterocycles. The third kappa shape index (κ3) is 35.8. The zero-order chi connectivity index (χ0) is 37.7. The number of rotatable bonds is 40. The van der Waals surface area contributed by atoms with Crippen molar-refractivity contribution in [1.29, 1.82) is 0 Å². The fraction of sp³-hybridized carbons (Fsp3) is 0.950. The monoisotopic (exact) mass is 751 g/mol. The number of carbonyl (C=O) groups excluding carboxylic acids is 2. The van der Waals surface area contributed by atoms with Gasteiger partial charge in [0, 0.05) is 12.8 Å². The summed E-state index contributed by atoms with van der Waals surface area (Å²) >= 11 is 0. The van der Waals surface area contributed by atoms with E-state index in [1.807, 2.05) is 0 Å². The average Bonchev–Trinajstić information content (AvgIpc) is 3.12. The van der Waals surface area contributed by atoms with E-state index in [9.17, 15) is 29.3 Å². The highest BCUT2D eigenvalue weighted by molar-refractivity contribution is 7.47. The molecule has 10 nitrogen and oxygen atoms in total. The fourth-order valence-electron chi connectivity index (χ4n) is 6.06. The van der Waals surface area contributed by atoms with Crippen molar-refractivity contribution in [3.8, 4) is 0 Å². The van der Waals surface area contributed by atoms with E-state index in [1.54, 1.807) is 0 Å². The quantitative estimate of drug-likeness (QED) is 0.0314. The molecule has 0 spiro atoms. The van der Waals surface area contributed by atoms with Gasteiger partial charge in [-0.15, -0.1) is 0 Å². The maximum atomic E-state index is 12.3. The van der Waals surface area contributed by atoms with Gasteiger partial charge in [0.1, 0.15) is 12.2 Å². The predicted molar refractivity (Wildman–Crippen MR) is 206 cm³/mol. The SMILES string of the molecule is CCCCCCCCCCCCCCCCCCCC(=O)OC(CO)COP(=O)(O)OCC(CO)OC(=O)CCCCCCCCCCCCC. The van der Waals surface area contributed by atoms with Crippen LogP contribution in [-0.2, 0) is 32.7 Å². The molecule has 0 saturated carbocycles. The Hall–Kier alpha value is -1.03. The lowest BCUT2D eigenvalue weighted by atomic mass is 10.0. The molecule has 304 valence electrons. The molecular weight excluding hydrogens is 671 g/mol. The zero-order valence-electron chi connectivity index (χ0n) is 32.8. The van der Waals surface area contributed by atoms with Gasteiger partial charge in [-0.2, -0.15) is 0 Å². The molecule has 51 heavy (non-hydrogen) atoms. The van der Waals surface area contributed by atoms with Crippen molar-refractivity contribution in [2.75, 3.05) is 26.4 Å². The highest BCUT2D eigenvalue weighted by Crippen LogP contribution is 2.43. The zero-order valence-corrected chi connectivity index (χ0v) is 33.7. The lowest BCUT2D eigenvalue weighted by Crippen LogP contribution is -2.28. The van der Waals surface area contributed by atoms with E-state index in [0.717, 1.165) is 38.5 Å². The Kier molecular flexibility index (Phi) is 36.5. The lowest BCUT2D eigenvalue weighted by molar-refractivity contribution is -0.153. The van der Waals surface area contributed by atoms with Crippen LogP contribution in [0.3, 0.4) is 0 Å². The number of unbranched alkanes of at least 4 members (excludes halogenated alkanes) is 26. The first-order valence-corrected chi connectivity index (χ1v) is 22.5. The summed E-state index contributed by atoms with van der Waals surface area (Å²) in [7, 11) is -4.62. The maximum absolute atomic E-state index is 12.3. The molecule has 0 heterocycles. The van der Waals surface area contributed by atoms with Crippen molar-refractivity contribution in [3.63, 3.8) is 0 Å². The van der Waals surface area contributed by atoms with Crippen LogP contribution in [-0.4, -0.2) is 65.7 Å². The third-order valence-electron chi connectivity index (χ3n) is 9.32. The molecule has 0 aliphatic rings. The Bertz CT molecular complexity index is 827. The van der Waals surface area contributed by atoms with E-state index >= 15 is 0 Å². The number of phosphoric acid groups is 1. The summed E-state index contributed by atoms with van der Waals surface area (Å²) in [6.07, 6.45) is 32.2. The fourth-order valence-corrected chi connectivity index (χ4v) is 6.84. The Morgan fingerprint density at radius 2 is 0.686 bits per heavy atom. The van der Waals surface area contributed by atoms with Crippen LogP contribution >= 0.6 is 7.82 Å². The molecule has 0 aromatic rings. The minimum absolute atomic E-state index is 0.198. The molecule has 3 atom stereocenters. The number of aliphatic hydroxyl groups excluding tert-OH is 2. The first kappa shape index (κ1) is 50.0. The van der Waals surface area contributed by atoms with Gasteiger partial charge in [0.05, 0.1) is 26.4 Å². The highest BCUT2D eigenvalue weighted by Gasteiger charge is 2.27. The van der Waals surface area contributed by atoms with Crippen molar-refractivity contribution in [2.45, 2.75) is 219 Å². The van der Waals surface area contributed by atoms with Gasteiger partial charge in [-0.05, 0) is 12.8 Å². The Labute approximate surface area is 312 Å². The van der Waals surface area contributed by atoms with Gasteiger partial charge < -0.3 is 24.6 Å². The van der Waals surface area contributed by atoms with Crippen molar-refractivity contribution >= 4 is 19.8 Å². The van der Waals surface area contributed by atoms with Crippen LogP contribution < -0.4 is 0 Å². The second kappa shape index (κ2) is 37.3. The van der Waals surface area contributed by atoms with Crippen LogP contribution in [0.4, 0.5) is 0 Å². The van der Waals surface area contributed by atoms with Crippen molar-refractivity contribution in [3.05, 3.63) is 0 Å². The van der Waals surface area contributed by atoms with Crippen LogP contribution in [0.5, 0.6) is 0 Å². The predicted octanol–water partition coefficient (Wildman–Crippen LogP) is 10.7. The van der Waals surface area contributed by atoms with Gasteiger partial charge >= 0.3 is 19.8 Å². The number of ether oxygens (including phenoxy) is 2. The van der Waals surface area contributed by atoms with Crippen molar-refractivity contribution in [2.24, 2.45) is 0 Å². The summed E-state index contributed by atoms with van der Waals surface area (Å²) in [6, 6.07) is 0. The molecule has 3 unspecified atom stereocenters. The van der Waals surface area contributed by atoms with Crippen LogP contribution in [0.2, 0.25) is 0 Å². The minimum atomic E-state index is -4.62. The molecule has 0 rings (SSSR count). The number of esters is 2. The smallest absolute Gasteiger partial charge is 0.457 e. The summed E-state index contributed by atoms with van der Waals surface area (Å²) < 4.78 is 32.5. The molecular formula is C40H79O10P. The second-order valence-electron chi connectivity index (χ2n) is 14.3. The van der Waals surface area contributed by atoms with E-state index in [0.29, 0.717) is 12.8 Å². The molecule has 0 radical (unpaired) electrons.